The predicted octanol–water partition coefficient (Wildman–Crippen LogP) is 5.49. The molecule has 2 N–H and O–H groups in total. The minimum Gasteiger partial charge on any atom is -0.316 e. The number of H-pyrrole nitrogens is 1. The molecule has 3 aromatic heterocycles. The van der Waals surface area contributed by atoms with Crippen molar-refractivity contribution in [1.29, 1.82) is 5.41 Å². The van der Waals surface area contributed by atoms with Gasteiger partial charge in [-0.05, 0) is 43.4 Å². The summed E-state index contributed by atoms with van der Waals surface area (Å²) in [4.78, 5) is 7.84. The molecule has 0 saturated carbocycles. The van der Waals surface area contributed by atoms with Gasteiger partial charge in [0.05, 0.1) is 21.7 Å². The van der Waals surface area contributed by atoms with Gasteiger partial charge in [-0.3, -0.25) is 9.98 Å². The van der Waals surface area contributed by atoms with Gasteiger partial charge in [-0.25, -0.2) is 4.98 Å². The van der Waals surface area contributed by atoms with Crippen molar-refractivity contribution in [3.63, 3.8) is 0 Å². The Morgan fingerprint density at radius 2 is 1.87 bits per heavy atom. The van der Waals surface area contributed by atoms with Crippen molar-refractivity contribution in [2.75, 3.05) is 0 Å². The van der Waals surface area contributed by atoms with Gasteiger partial charge in [0.1, 0.15) is 11.1 Å². The molecule has 0 aliphatic heterocycles. The molecule has 0 unspecified atom stereocenters. The maximum absolute atomic E-state index is 8.73. The van der Waals surface area contributed by atoms with Gasteiger partial charge < -0.3 is 4.98 Å². The number of halogens is 2. The molecule has 0 aliphatic rings. The van der Waals surface area contributed by atoms with E-state index >= 15 is 0 Å². The molecule has 0 amide bonds. The molecule has 0 atom stereocenters. The zero-order valence-electron chi connectivity index (χ0n) is 15.6. The first-order chi connectivity index (χ1) is 14.5. The molecule has 3 heterocycles. The minimum absolute atomic E-state index is 0.230. The van der Waals surface area contributed by atoms with Gasteiger partial charge in [-0.15, -0.1) is 0 Å². The van der Waals surface area contributed by atoms with Crippen molar-refractivity contribution in [3.8, 4) is 16.8 Å². The Bertz CT molecular complexity index is 1570. The van der Waals surface area contributed by atoms with Gasteiger partial charge in [0.2, 0.25) is 0 Å². The highest BCUT2D eigenvalue weighted by atomic mass is 35.5. The molecular formula is C21H14Cl2N6S. The number of fused-ring (bicyclic) bond motifs is 3. The number of hydrogen-bond acceptors (Lipinski definition) is 4. The molecule has 5 rings (SSSR count). The number of rotatable bonds is 2. The second-order valence-corrected chi connectivity index (χ2v) is 8.02. The van der Waals surface area contributed by atoms with E-state index in [4.69, 9.17) is 40.8 Å². The molecule has 0 bridgehead atoms. The number of aromatic nitrogens is 5. The van der Waals surface area contributed by atoms with Crippen LogP contribution in [0.4, 0.5) is 0 Å². The lowest BCUT2D eigenvalue weighted by Crippen LogP contribution is -2.22. The van der Waals surface area contributed by atoms with Gasteiger partial charge in [0, 0.05) is 22.5 Å². The summed E-state index contributed by atoms with van der Waals surface area (Å²) in [6.45, 7) is 1.89. The smallest absolute Gasteiger partial charge is 0.185 e. The Labute approximate surface area is 185 Å². The summed E-state index contributed by atoms with van der Waals surface area (Å²) in [5.74, 6) is 0. The standard InChI is InChI=1S/C21H14Cl2N6S/c1-11-17(14-8-7-12(22)9-16(14)23)20-25-10-15-18(24)28(13-5-3-2-4-6-13)21(30)26-19(15)29(20)27-11/h2-10,24H,1H3,(H,26,30). The summed E-state index contributed by atoms with van der Waals surface area (Å²) in [6, 6.07) is 14.9. The van der Waals surface area contributed by atoms with Crippen LogP contribution in [0.25, 0.3) is 33.5 Å². The van der Waals surface area contributed by atoms with Crippen LogP contribution in [0.15, 0.2) is 54.7 Å². The maximum Gasteiger partial charge on any atom is 0.185 e. The Morgan fingerprint density at radius 3 is 2.60 bits per heavy atom. The molecule has 0 radical (unpaired) electrons. The van der Waals surface area contributed by atoms with E-state index in [9.17, 15) is 0 Å². The van der Waals surface area contributed by atoms with E-state index in [1.165, 1.54) is 0 Å². The number of nitrogens with one attached hydrogen (secondary N) is 2. The molecule has 0 fully saturated rings. The number of aryl methyl sites for hydroxylation is 1. The first-order valence-electron chi connectivity index (χ1n) is 9.04. The minimum atomic E-state index is 0.230. The van der Waals surface area contributed by atoms with Crippen LogP contribution in [-0.4, -0.2) is 24.1 Å². The Morgan fingerprint density at radius 1 is 1.10 bits per heavy atom. The van der Waals surface area contributed by atoms with Crippen molar-refractivity contribution < 1.29 is 0 Å². The van der Waals surface area contributed by atoms with Crippen molar-refractivity contribution >= 4 is 52.1 Å². The fourth-order valence-electron chi connectivity index (χ4n) is 3.59. The predicted molar refractivity (Wildman–Crippen MR) is 121 cm³/mol. The molecule has 30 heavy (non-hydrogen) atoms. The fourth-order valence-corrected chi connectivity index (χ4v) is 4.39. The zero-order valence-corrected chi connectivity index (χ0v) is 18.0. The third kappa shape index (κ3) is 2.86. The maximum atomic E-state index is 8.73. The summed E-state index contributed by atoms with van der Waals surface area (Å²) in [5, 5.41) is 15.1. The molecular weight excluding hydrogens is 439 g/mol. The van der Waals surface area contributed by atoms with E-state index in [1.807, 2.05) is 43.3 Å². The molecule has 148 valence electrons. The highest BCUT2D eigenvalue weighted by Crippen LogP contribution is 2.35. The summed E-state index contributed by atoms with van der Waals surface area (Å²) >= 11 is 18.1. The summed E-state index contributed by atoms with van der Waals surface area (Å²) in [6.07, 6.45) is 1.66. The largest absolute Gasteiger partial charge is 0.316 e. The van der Waals surface area contributed by atoms with Gasteiger partial charge in [0.15, 0.2) is 10.4 Å². The average Bonchev–Trinajstić information content (AvgIpc) is 3.05. The zero-order chi connectivity index (χ0) is 21.0. The van der Waals surface area contributed by atoms with E-state index in [0.29, 0.717) is 31.5 Å². The van der Waals surface area contributed by atoms with Crippen molar-refractivity contribution in [1.82, 2.24) is 24.1 Å². The van der Waals surface area contributed by atoms with E-state index in [2.05, 4.69) is 15.1 Å². The van der Waals surface area contributed by atoms with Crippen molar-refractivity contribution in [2.45, 2.75) is 6.92 Å². The Balaban J connectivity index is 1.84. The normalized spacial score (nSPS) is 11.4. The molecule has 2 aromatic carbocycles. The lowest BCUT2D eigenvalue weighted by molar-refractivity contribution is 0.861. The van der Waals surface area contributed by atoms with Crippen LogP contribution in [0.3, 0.4) is 0 Å². The summed E-state index contributed by atoms with van der Waals surface area (Å²) in [5.41, 5.74) is 4.60. The molecule has 0 spiro atoms. The number of para-hydroxylation sites is 1. The van der Waals surface area contributed by atoms with Crippen LogP contribution < -0.4 is 5.49 Å². The van der Waals surface area contributed by atoms with E-state index in [1.54, 1.807) is 27.4 Å². The second kappa shape index (κ2) is 7.05. The van der Waals surface area contributed by atoms with Gasteiger partial charge in [0.25, 0.3) is 0 Å². The monoisotopic (exact) mass is 452 g/mol. The lowest BCUT2D eigenvalue weighted by Gasteiger charge is -2.10. The van der Waals surface area contributed by atoms with E-state index in [-0.39, 0.29) is 5.49 Å². The average molecular weight is 453 g/mol. The van der Waals surface area contributed by atoms with Crippen LogP contribution in [0.5, 0.6) is 0 Å². The van der Waals surface area contributed by atoms with Crippen LogP contribution in [0.1, 0.15) is 5.69 Å². The fraction of sp³-hybridized carbons (Fsp3) is 0.0476. The quantitative estimate of drug-likeness (QED) is 0.347. The third-order valence-corrected chi connectivity index (χ3v) is 5.77. The number of benzene rings is 2. The van der Waals surface area contributed by atoms with Gasteiger partial charge >= 0.3 is 0 Å². The van der Waals surface area contributed by atoms with Gasteiger partial charge in [-0.1, -0.05) is 47.5 Å². The molecule has 6 nitrogen and oxygen atoms in total. The Kier molecular flexibility index (Phi) is 4.47. The summed E-state index contributed by atoms with van der Waals surface area (Å²) < 4.78 is 3.73. The molecule has 5 aromatic rings. The van der Waals surface area contributed by atoms with Crippen LogP contribution >= 0.6 is 35.4 Å². The van der Waals surface area contributed by atoms with E-state index in [0.717, 1.165) is 22.5 Å². The van der Waals surface area contributed by atoms with Crippen LogP contribution in [0, 0.1) is 17.1 Å². The highest BCUT2D eigenvalue weighted by Gasteiger charge is 2.18. The number of nitrogens with zero attached hydrogens (tertiary/aromatic N) is 4. The second-order valence-electron chi connectivity index (χ2n) is 6.79. The van der Waals surface area contributed by atoms with E-state index < -0.39 is 0 Å². The van der Waals surface area contributed by atoms with Crippen LogP contribution in [0.2, 0.25) is 10.0 Å². The first-order valence-corrected chi connectivity index (χ1v) is 10.2. The van der Waals surface area contributed by atoms with Gasteiger partial charge in [-0.2, -0.15) is 9.61 Å². The molecule has 0 aliphatic carbocycles. The van der Waals surface area contributed by atoms with Crippen molar-refractivity contribution in [2.24, 2.45) is 0 Å². The SMILES string of the molecule is Cc1nn2c(ncc3c(=N)n(-c4ccccc4)c(=S)[nH]c32)c1-c1ccc(Cl)cc1Cl. The highest BCUT2D eigenvalue weighted by molar-refractivity contribution is 7.71. The first kappa shape index (κ1) is 19.0. The molecule has 9 heteroatoms. The molecule has 0 saturated heterocycles. The summed E-state index contributed by atoms with van der Waals surface area (Å²) in [7, 11) is 0. The lowest BCUT2D eigenvalue weighted by atomic mass is 10.1. The van der Waals surface area contributed by atoms with Crippen LogP contribution in [-0.2, 0) is 0 Å². The Hall–Kier alpha value is -3.00. The third-order valence-electron chi connectivity index (χ3n) is 4.94. The number of hydrogen-bond donors (Lipinski definition) is 2. The number of aromatic amines is 1. The van der Waals surface area contributed by atoms with Crippen molar-refractivity contribution in [3.05, 3.63) is 80.7 Å². The topological polar surface area (TPSA) is 74.8 Å².